The zero-order chi connectivity index (χ0) is 29.8. The molecule has 0 aliphatic carbocycles. The second-order valence-electron chi connectivity index (χ2n) is 10.9. The van der Waals surface area contributed by atoms with Crippen LogP contribution in [0.15, 0.2) is 61.2 Å². The third kappa shape index (κ3) is 7.63. The predicted octanol–water partition coefficient (Wildman–Crippen LogP) is 2.34. The van der Waals surface area contributed by atoms with Crippen molar-refractivity contribution in [2.45, 2.75) is 24.9 Å². The van der Waals surface area contributed by atoms with E-state index in [1.54, 1.807) is 42.9 Å². The molecule has 6 rings (SSSR count). The zero-order valence-corrected chi connectivity index (χ0v) is 27.3. The number of amides is 2. The van der Waals surface area contributed by atoms with Crippen molar-refractivity contribution in [1.82, 2.24) is 45.1 Å². The molecule has 5 heterocycles. The first kappa shape index (κ1) is 34.7. The fourth-order valence-corrected chi connectivity index (χ4v) is 5.03. The van der Waals surface area contributed by atoms with Crippen LogP contribution in [0.2, 0.25) is 0 Å². The number of pyridine rings is 2. The van der Waals surface area contributed by atoms with Crippen LogP contribution in [0.1, 0.15) is 31.8 Å². The van der Waals surface area contributed by atoms with Crippen LogP contribution in [-0.4, -0.2) is 110 Å². The molecule has 14 heteroatoms. The lowest BCUT2D eigenvalue weighted by Gasteiger charge is -2.28. The van der Waals surface area contributed by atoms with E-state index in [4.69, 9.17) is 5.73 Å². The summed E-state index contributed by atoms with van der Waals surface area (Å²) in [6.45, 7) is 0.985. The highest BCUT2D eigenvalue weighted by Gasteiger charge is 2.36. The van der Waals surface area contributed by atoms with Crippen molar-refractivity contribution < 1.29 is 9.59 Å². The summed E-state index contributed by atoms with van der Waals surface area (Å²) >= 11 is 0. The average molecular weight is 637 g/mol. The van der Waals surface area contributed by atoms with E-state index in [0.717, 1.165) is 34.1 Å². The van der Waals surface area contributed by atoms with Crippen LogP contribution in [0.4, 0.5) is 0 Å². The number of aromatic amines is 2. The number of hydrogen-bond acceptors (Lipinski definition) is 9. The molecule has 44 heavy (non-hydrogen) atoms. The highest BCUT2D eigenvalue weighted by Crippen LogP contribution is 2.24. The van der Waals surface area contributed by atoms with Gasteiger partial charge in [-0.2, -0.15) is 37.2 Å². The van der Waals surface area contributed by atoms with Crippen LogP contribution in [0.3, 0.4) is 0 Å². The van der Waals surface area contributed by atoms with E-state index in [1.807, 2.05) is 45.4 Å². The molecule has 5 aromatic rings. The van der Waals surface area contributed by atoms with E-state index < -0.39 is 0 Å². The monoisotopic (exact) mass is 636 g/mol. The van der Waals surface area contributed by atoms with E-state index in [2.05, 4.69) is 41.3 Å². The molecular weight excluding hydrogens is 597 g/mol. The maximum Gasteiger partial charge on any atom is 0.261 e. The molecule has 0 fully saturated rings. The van der Waals surface area contributed by atoms with Crippen molar-refractivity contribution in [2.24, 2.45) is 5.73 Å². The van der Waals surface area contributed by atoms with Gasteiger partial charge in [0.05, 0.1) is 23.5 Å². The summed E-state index contributed by atoms with van der Waals surface area (Å²) in [7, 11) is 7.99. The van der Waals surface area contributed by atoms with Crippen molar-refractivity contribution in [3.8, 4) is 0 Å². The summed E-state index contributed by atoms with van der Waals surface area (Å²) in [5.41, 5.74) is 10.5. The number of imide groups is 1. The molecule has 2 amide bonds. The van der Waals surface area contributed by atoms with Crippen LogP contribution in [0.25, 0.3) is 22.1 Å². The molecule has 234 valence electrons. The first-order chi connectivity index (χ1) is 20.2. The topological polar surface area (TPSA) is 153 Å². The van der Waals surface area contributed by atoms with Crippen molar-refractivity contribution in [2.75, 3.05) is 41.3 Å². The third-order valence-electron chi connectivity index (χ3n) is 7.64. The lowest BCUT2D eigenvalue weighted by atomic mass is 10.1. The Morgan fingerprint density at radius 2 is 1.20 bits per heavy atom. The van der Waals surface area contributed by atoms with Gasteiger partial charge in [-0.15, -0.1) is 0 Å². The second-order valence-corrected chi connectivity index (χ2v) is 10.9. The van der Waals surface area contributed by atoms with Gasteiger partial charge < -0.3 is 15.5 Å². The number of rotatable bonds is 9. The molecule has 0 saturated heterocycles. The van der Waals surface area contributed by atoms with Gasteiger partial charge in [0.25, 0.3) is 11.8 Å². The molecular formula is C30H40N10O2S2. The van der Waals surface area contributed by atoms with Crippen molar-refractivity contribution >= 4 is 60.9 Å². The van der Waals surface area contributed by atoms with E-state index in [0.29, 0.717) is 36.7 Å². The Balaban J connectivity index is 0.000000255. The number of fused-ring (bicyclic) bond motifs is 3. The number of aromatic nitrogens is 6. The molecule has 0 spiro atoms. The molecule has 4 N–H and O–H groups in total. The quantitative estimate of drug-likeness (QED) is 0.207. The summed E-state index contributed by atoms with van der Waals surface area (Å²) in [5, 5.41) is 15.6. The number of likely N-dealkylation sites (N-methyl/N-ethyl adjacent to an activating group) is 2. The van der Waals surface area contributed by atoms with Gasteiger partial charge in [-0.3, -0.25) is 24.7 Å². The van der Waals surface area contributed by atoms with Crippen molar-refractivity contribution in [3.63, 3.8) is 0 Å². The van der Waals surface area contributed by atoms with Crippen LogP contribution < -0.4 is 5.73 Å². The average Bonchev–Trinajstić information content (AvgIpc) is 3.71. The summed E-state index contributed by atoms with van der Waals surface area (Å²) < 4.78 is 0. The summed E-state index contributed by atoms with van der Waals surface area (Å²) in [6.07, 6.45) is 8.80. The van der Waals surface area contributed by atoms with Crippen LogP contribution in [-0.2, 0) is 12.8 Å². The third-order valence-corrected chi connectivity index (χ3v) is 7.64. The summed E-state index contributed by atoms with van der Waals surface area (Å²) in [6, 6.07) is 11.5. The maximum atomic E-state index is 12.6. The number of H-pyrrole nitrogens is 2. The molecule has 1 aromatic carbocycles. The number of carbonyl (C=O) groups is 2. The van der Waals surface area contributed by atoms with E-state index in [1.165, 1.54) is 10.5 Å². The second kappa shape index (κ2) is 15.3. The van der Waals surface area contributed by atoms with E-state index in [9.17, 15) is 9.59 Å². The van der Waals surface area contributed by atoms with Gasteiger partial charge >= 0.3 is 0 Å². The van der Waals surface area contributed by atoms with E-state index in [-0.39, 0.29) is 44.8 Å². The minimum absolute atomic E-state index is 0. The van der Waals surface area contributed by atoms with Gasteiger partial charge in [-0.1, -0.05) is 12.1 Å². The molecule has 2 atom stereocenters. The van der Waals surface area contributed by atoms with Crippen LogP contribution in [0, 0.1) is 0 Å². The molecule has 4 aromatic heterocycles. The van der Waals surface area contributed by atoms with Crippen molar-refractivity contribution in [1.29, 1.82) is 0 Å². The molecule has 0 bridgehead atoms. The Labute approximate surface area is 270 Å². The van der Waals surface area contributed by atoms with Gasteiger partial charge in [0.2, 0.25) is 0 Å². The Morgan fingerprint density at radius 3 is 1.64 bits per heavy atom. The minimum Gasteiger partial charge on any atom is -0.329 e. The SMILES string of the molecule is CN(C)[C@@H](Cc1cnc2[nH]ncc2c1)CN1C(=O)c2ccccc2C1=O.CN(C)[C@H](CN)Cc1cnc2[nH]ncc2c1.S.S. The molecule has 1 aliphatic rings. The molecule has 1 aliphatic heterocycles. The zero-order valence-electron chi connectivity index (χ0n) is 25.3. The van der Waals surface area contributed by atoms with E-state index >= 15 is 0 Å². The lowest BCUT2D eigenvalue weighted by Crippen LogP contribution is -2.44. The Hall–Kier alpha value is -3.82. The first-order valence-electron chi connectivity index (χ1n) is 13.8. The fourth-order valence-electron chi connectivity index (χ4n) is 5.03. The van der Waals surface area contributed by atoms with Gasteiger partial charge in [0.15, 0.2) is 11.3 Å². The lowest BCUT2D eigenvalue weighted by molar-refractivity contribution is 0.0612. The Bertz CT molecular complexity index is 1670. The number of benzene rings is 1. The molecule has 0 radical (unpaired) electrons. The maximum absolute atomic E-state index is 12.6. The number of nitrogens with one attached hydrogen (secondary N) is 2. The predicted molar refractivity (Wildman–Crippen MR) is 182 cm³/mol. The normalized spacial score (nSPS) is 13.8. The highest BCUT2D eigenvalue weighted by molar-refractivity contribution is 7.59. The smallest absolute Gasteiger partial charge is 0.261 e. The molecule has 0 saturated carbocycles. The molecule has 12 nitrogen and oxygen atoms in total. The molecule has 0 unspecified atom stereocenters. The Morgan fingerprint density at radius 1 is 0.750 bits per heavy atom. The van der Waals surface area contributed by atoms with Gasteiger partial charge in [-0.05, 0) is 76.4 Å². The van der Waals surface area contributed by atoms with Crippen LogP contribution >= 0.6 is 27.0 Å². The number of nitrogens with zero attached hydrogens (tertiary/aromatic N) is 7. The Kier molecular flexibility index (Phi) is 12.0. The highest BCUT2D eigenvalue weighted by atomic mass is 32.1. The first-order valence-corrected chi connectivity index (χ1v) is 13.8. The largest absolute Gasteiger partial charge is 0.329 e. The standard InChI is InChI=1S/C19H19N5O2.C11H17N5.2H2S/c1-23(2)14(8-12-7-13-10-21-22-17(13)20-9-12)11-24-18(25)15-5-3-4-6-16(15)19(24)26;1-16(2)10(5-12)4-8-3-9-7-14-15-11(9)13-6-8;;/h3-7,9-10,14H,8,11H2,1-2H3,(H,20,21,22);3,6-7,10H,4-5,12H2,1-2H3,(H,13,14,15);2*1H2/t14-;10-;;/m00../s1. The minimum atomic E-state index is -0.221. The number of carbonyl (C=O) groups excluding carboxylic acids is 2. The van der Waals surface area contributed by atoms with Gasteiger partial charge in [-0.25, -0.2) is 9.97 Å². The van der Waals surface area contributed by atoms with Gasteiger partial charge in [0.1, 0.15) is 0 Å². The fraction of sp³-hybridized carbons (Fsp3) is 0.333. The number of hydrogen-bond donors (Lipinski definition) is 3. The van der Waals surface area contributed by atoms with Gasteiger partial charge in [0, 0.05) is 48.3 Å². The number of nitrogens with two attached hydrogens (primary N) is 1. The van der Waals surface area contributed by atoms with Crippen molar-refractivity contribution in [3.05, 3.63) is 83.4 Å². The summed E-state index contributed by atoms with van der Waals surface area (Å²) in [4.78, 5) is 39.4. The summed E-state index contributed by atoms with van der Waals surface area (Å²) in [5.74, 6) is -0.443. The van der Waals surface area contributed by atoms with Crippen LogP contribution in [0.5, 0.6) is 0 Å².